The molecule has 110 valence electrons. The predicted octanol–water partition coefficient (Wildman–Crippen LogP) is 5.24. The van der Waals surface area contributed by atoms with Crippen molar-refractivity contribution >= 4 is 11.3 Å². The fourth-order valence-corrected chi connectivity index (χ4v) is 3.04. The molecule has 1 heterocycles. The zero-order chi connectivity index (χ0) is 13.9. The monoisotopic (exact) mass is 282 g/mol. The van der Waals surface area contributed by atoms with Crippen LogP contribution in [0.1, 0.15) is 81.1 Å². The fourth-order valence-electron chi connectivity index (χ4n) is 2.24. The number of aromatic nitrogens is 1. The summed E-state index contributed by atoms with van der Waals surface area (Å²) in [5.74, 6) is 0. The molecule has 0 amide bonds. The summed E-state index contributed by atoms with van der Waals surface area (Å²) in [5.41, 5.74) is 0. The van der Waals surface area contributed by atoms with Crippen LogP contribution < -0.4 is 5.32 Å². The second-order valence-electron chi connectivity index (χ2n) is 5.46. The van der Waals surface area contributed by atoms with Crippen molar-refractivity contribution in [2.75, 3.05) is 6.54 Å². The molecule has 2 nitrogen and oxygen atoms in total. The molecule has 1 unspecified atom stereocenters. The van der Waals surface area contributed by atoms with E-state index in [-0.39, 0.29) is 0 Å². The average molecular weight is 282 g/mol. The standard InChI is InChI=1S/C16H30N2S/c1-4-5-6-7-8-9-10-11-12-17-15(3)16-18-13-14(2)19-16/h13,15,17H,4-12H2,1-3H3. The van der Waals surface area contributed by atoms with Crippen molar-refractivity contribution in [3.05, 3.63) is 16.1 Å². The molecule has 19 heavy (non-hydrogen) atoms. The molecular weight excluding hydrogens is 252 g/mol. The van der Waals surface area contributed by atoms with Crippen LogP contribution in [-0.4, -0.2) is 11.5 Å². The molecule has 0 aromatic carbocycles. The van der Waals surface area contributed by atoms with Crippen molar-refractivity contribution in [1.29, 1.82) is 0 Å². The predicted molar refractivity (Wildman–Crippen MR) is 85.9 cm³/mol. The molecular formula is C16H30N2S. The summed E-state index contributed by atoms with van der Waals surface area (Å²) in [7, 11) is 0. The van der Waals surface area contributed by atoms with E-state index in [1.165, 1.54) is 61.3 Å². The maximum Gasteiger partial charge on any atom is 0.109 e. The van der Waals surface area contributed by atoms with Crippen LogP contribution >= 0.6 is 11.3 Å². The number of hydrogen-bond acceptors (Lipinski definition) is 3. The van der Waals surface area contributed by atoms with E-state index >= 15 is 0 Å². The van der Waals surface area contributed by atoms with Crippen molar-refractivity contribution in [1.82, 2.24) is 10.3 Å². The highest BCUT2D eigenvalue weighted by Crippen LogP contribution is 2.18. The van der Waals surface area contributed by atoms with Crippen LogP contribution in [0.5, 0.6) is 0 Å². The quantitative estimate of drug-likeness (QED) is 0.561. The molecule has 0 saturated heterocycles. The van der Waals surface area contributed by atoms with Gasteiger partial charge >= 0.3 is 0 Å². The minimum Gasteiger partial charge on any atom is -0.308 e. The van der Waals surface area contributed by atoms with Gasteiger partial charge in [0.2, 0.25) is 0 Å². The lowest BCUT2D eigenvalue weighted by Crippen LogP contribution is -2.19. The van der Waals surface area contributed by atoms with Gasteiger partial charge in [0, 0.05) is 11.1 Å². The summed E-state index contributed by atoms with van der Waals surface area (Å²) in [6.45, 7) is 7.72. The van der Waals surface area contributed by atoms with Gasteiger partial charge in [0.1, 0.15) is 5.01 Å². The molecule has 1 rings (SSSR count). The molecule has 1 aromatic rings. The summed E-state index contributed by atoms with van der Waals surface area (Å²) in [5, 5.41) is 4.79. The molecule has 1 aromatic heterocycles. The largest absolute Gasteiger partial charge is 0.308 e. The smallest absolute Gasteiger partial charge is 0.109 e. The van der Waals surface area contributed by atoms with E-state index < -0.39 is 0 Å². The van der Waals surface area contributed by atoms with Crippen molar-refractivity contribution in [3.63, 3.8) is 0 Å². The van der Waals surface area contributed by atoms with E-state index in [0.717, 1.165) is 6.54 Å². The summed E-state index contributed by atoms with van der Waals surface area (Å²) in [4.78, 5) is 5.73. The molecule has 0 aliphatic heterocycles. The lowest BCUT2D eigenvalue weighted by molar-refractivity contribution is 0.520. The number of aryl methyl sites for hydroxylation is 1. The number of hydrogen-bond donors (Lipinski definition) is 1. The van der Waals surface area contributed by atoms with Crippen molar-refractivity contribution in [2.45, 2.75) is 78.2 Å². The topological polar surface area (TPSA) is 24.9 Å². The van der Waals surface area contributed by atoms with E-state index in [2.05, 4.69) is 31.1 Å². The summed E-state index contributed by atoms with van der Waals surface area (Å²) in [6.07, 6.45) is 13.0. The Morgan fingerprint density at radius 1 is 1.11 bits per heavy atom. The normalized spacial score (nSPS) is 12.8. The highest BCUT2D eigenvalue weighted by molar-refractivity contribution is 7.11. The Bertz CT molecular complexity index is 322. The highest BCUT2D eigenvalue weighted by atomic mass is 32.1. The Morgan fingerprint density at radius 3 is 2.32 bits per heavy atom. The second-order valence-corrected chi connectivity index (χ2v) is 6.73. The van der Waals surface area contributed by atoms with Crippen LogP contribution in [0.4, 0.5) is 0 Å². The molecule has 3 heteroatoms. The Morgan fingerprint density at radius 2 is 1.74 bits per heavy atom. The number of nitrogens with zero attached hydrogens (tertiary/aromatic N) is 1. The lowest BCUT2D eigenvalue weighted by Gasteiger charge is -2.10. The van der Waals surface area contributed by atoms with Gasteiger partial charge in [-0.3, -0.25) is 0 Å². The second kappa shape index (κ2) is 10.4. The summed E-state index contributed by atoms with van der Waals surface area (Å²) >= 11 is 1.80. The molecule has 0 spiro atoms. The highest BCUT2D eigenvalue weighted by Gasteiger charge is 2.07. The van der Waals surface area contributed by atoms with E-state index in [1.807, 2.05) is 6.20 Å². The van der Waals surface area contributed by atoms with Crippen LogP contribution in [0, 0.1) is 6.92 Å². The van der Waals surface area contributed by atoms with E-state index in [1.54, 1.807) is 11.3 Å². The van der Waals surface area contributed by atoms with E-state index in [9.17, 15) is 0 Å². The maximum absolute atomic E-state index is 4.43. The summed E-state index contributed by atoms with van der Waals surface area (Å²) < 4.78 is 0. The van der Waals surface area contributed by atoms with Crippen LogP contribution in [-0.2, 0) is 0 Å². The molecule has 0 saturated carbocycles. The lowest BCUT2D eigenvalue weighted by atomic mass is 10.1. The van der Waals surface area contributed by atoms with Gasteiger partial charge in [-0.15, -0.1) is 11.3 Å². The number of unbranched alkanes of at least 4 members (excludes halogenated alkanes) is 7. The van der Waals surface area contributed by atoms with Gasteiger partial charge in [0.25, 0.3) is 0 Å². The zero-order valence-electron chi connectivity index (χ0n) is 12.9. The third-order valence-electron chi connectivity index (χ3n) is 3.49. The first-order valence-corrected chi connectivity index (χ1v) is 8.71. The van der Waals surface area contributed by atoms with Gasteiger partial charge < -0.3 is 5.32 Å². The molecule has 0 fully saturated rings. The maximum atomic E-state index is 4.43. The Labute approximate surface area is 123 Å². The van der Waals surface area contributed by atoms with Crippen LogP contribution in [0.25, 0.3) is 0 Å². The van der Waals surface area contributed by atoms with Crippen LogP contribution in [0.2, 0.25) is 0 Å². The van der Waals surface area contributed by atoms with Gasteiger partial charge in [-0.1, -0.05) is 51.9 Å². The average Bonchev–Trinajstić information content (AvgIpc) is 2.83. The minimum atomic E-state index is 0.406. The fraction of sp³-hybridized carbons (Fsp3) is 0.812. The Balaban J connectivity index is 1.93. The van der Waals surface area contributed by atoms with Crippen molar-refractivity contribution in [3.8, 4) is 0 Å². The SMILES string of the molecule is CCCCCCCCCCNC(C)c1ncc(C)s1. The van der Waals surface area contributed by atoms with E-state index in [0.29, 0.717) is 6.04 Å². The van der Waals surface area contributed by atoms with Crippen molar-refractivity contribution in [2.24, 2.45) is 0 Å². The molecule has 1 atom stereocenters. The minimum absolute atomic E-state index is 0.406. The van der Waals surface area contributed by atoms with Gasteiger partial charge in [-0.2, -0.15) is 0 Å². The van der Waals surface area contributed by atoms with E-state index in [4.69, 9.17) is 0 Å². The Kier molecular flexibility index (Phi) is 9.10. The van der Waals surface area contributed by atoms with Gasteiger partial charge in [0.05, 0.1) is 6.04 Å². The molecule has 0 aliphatic rings. The molecule has 1 N–H and O–H groups in total. The number of rotatable bonds is 11. The Hall–Kier alpha value is -0.410. The number of nitrogens with one attached hydrogen (secondary N) is 1. The summed E-state index contributed by atoms with van der Waals surface area (Å²) in [6, 6.07) is 0.406. The van der Waals surface area contributed by atoms with Crippen molar-refractivity contribution < 1.29 is 0 Å². The molecule has 0 bridgehead atoms. The first kappa shape index (κ1) is 16.6. The van der Waals surface area contributed by atoms with Crippen LogP contribution in [0.15, 0.2) is 6.20 Å². The van der Waals surface area contributed by atoms with Gasteiger partial charge in [-0.05, 0) is 26.8 Å². The third kappa shape index (κ3) is 7.68. The molecule has 0 aliphatic carbocycles. The first-order chi connectivity index (χ1) is 9.24. The van der Waals surface area contributed by atoms with Gasteiger partial charge in [-0.25, -0.2) is 4.98 Å². The van der Waals surface area contributed by atoms with Crippen LogP contribution in [0.3, 0.4) is 0 Å². The van der Waals surface area contributed by atoms with Gasteiger partial charge in [0.15, 0.2) is 0 Å². The third-order valence-corrected chi connectivity index (χ3v) is 4.59. The zero-order valence-corrected chi connectivity index (χ0v) is 13.7. The number of thiazole rings is 1. The molecule has 0 radical (unpaired) electrons. The first-order valence-electron chi connectivity index (χ1n) is 7.89.